The molecular weight excluding hydrogens is 243 g/mol. The molecule has 0 atom stereocenters. The molecule has 0 aromatic heterocycles. The Kier molecular flexibility index (Phi) is 3.66. The third-order valence-corrected chi connectivity index (χ3v) is 1.81. The first kappa shape index (κ1) is 12.9. The van der Waals surface area contributed by atoms with Crippen molar-refractivity contribution in [2.75, 3.05) is 6.61 Å². The number of carbonyl (C=O) groups excluding carboxylic acids is 1. The second kappa shape index (κ2) is 4.81. The van der Waals surface area contributed by atoms with Crippen molar-refractivity contribution in [3.05, 3.63) is 39.2 Å². The standard InChI is InChI=1S/C9H6F3NO4/c1-2-17-9(14)6-4(10)3-5(11)8(7(6)12)13(15)16/h3H,2H2,1H3. The number of nitro benzene ring substituents is 1. The Labute approximate surface area is 93.0 Å². The quantitative estimate of drug-likeness (QED) is 0.467. The molecule has 0 spiro atoms. The van der Waals surface area contributed by atoms with Crippen molar-refractivity contribution in [2.24, 2.45) is 0 Å². The Morgan fingerprint density at radius 2 is 2.00 bits per heavy atom. The summed E-state index contributed by atoms with van der Waals surface area (Å²) < 4.78 is 43.7. The number of benzene rings is 1. The summed E-state index contributed by atoms with van der Waals surface area (Å²) in [5.74, 6) is -6.56. The van der Waals surface area contributed by atoms with E-state index < -0.39 is 39.6 Å². The third-order valence-electron chi connectivity index (χ3n) is 1.81. The van der Waals surface area contributed by atoms with Crippen molar-refractivity contribution < 1.29 is 27.6 Å². The van der Waals surface area contributed by atoms with E-state index in [0.717, 1.165) is 0 Å². The maximum absolute atomic E-state index is 13.4. The molecule has 0 unspecified atom stereocenters. The van der Waals surface area contributed by atoms with E-state index in [-0.39, 0.29) is 12.7 Å². The van der Waals surface area contributed by atoms with Gasteiger partial charge >= 0.3 is 11.7 Å². The van der Waals surface area contributed by atoms with Crippen LogP contribution in [0, 0.1) is 27.6 Å². The lowest BCUT2D eigenvalue weighted by atomic mass is 10.1. The highest BCUT2D eigenvalue weighted by Gasteiger charge is 2.31. The van der Waals surface area contributed by atoms with Gasteiger partial charge in [-0.15, -0.1) is 0 Å². The summed E-state index contributed by atoms with van der Waals surface area (Å²) in [5, 5.41) is 10.3. The molecule has 1 aromatic rings. The van der Waals surface area contributed by atoms with Gasteiger partial charge in [0, 0.05) is 6.07 Å². The van der Waals surface area contributed by atoms with Gasteiger partial charge in [-0.2, -0.15) is 8.78 Å². The summed E-state index contributed by atoms with van der Waals surface area (Å²) in [5.41, 5.74) is -2.87. The number of hydrogen-bond donors (Lipinski definition) is 0. The fraction of sp³-hybridized carbons (Fsp3) is 0.222. The highest BCUT2D eigenvalue weighted by Crippen LogP contribution is 2.27. The molecule has 0 N–H and O–H groups in total. The van der Waals surface area contributed by atoms with Crippen LogP contribution < -0.4 is 0 Å². The average molecular weight is 249 g/mol. The zero-order chi connectivity index (χ0) is 13.2. The number of rotatable bonds is 3. The number of carbonyl (C=O) groups is 1. The lowest BCUT2D eigenvalue weighted by Gasteiger charge is -2.05. The summed E-state index contributed by atoms with van der Waals surface area (Å²) in [6.07, 6.45) is 0. The lowest BCUT2D eigenvalue weighted by Crippen LogP contribution is -2.13. The number of halogens is 3. The van der Waals surface area contributed by atoms with E-state index in [1.54, 1.807) is 0 Å². The van der Waals surface area contributed by atoms with Crippen LogP contribution in [0.25, 0.3) is 0 Å². The van der Waals surface area contributed by atoms with Crippen LogP contribution in [0.3, 0.4) is 0 Å². The molecule has 8 heteroatoms. The summed E-state index contributed by atoms with van der Waals surface area (Å²) in [4.78, 5) is 20.1. The van der Waals surface area contributed by atoms with Crippen LogP contribution in [0.2, 0.25) is 0 Å². The lowest BCUT2D eigenvalue weighted by molar-refractivity contribution is -0.390. The summed E-state index contributed by atoms with van der Waals surface area (Å²) >= 11 is 0. The van der Waals surface area contributed by atoms with Gasteiger partial charge in [-0.25, -0.2) is 9.18 Å². The van der Waals surface area contributed by atoms with E-state index in [1.807, 2.05) is 0 Å². The summed E-state index contributed by atoms with van der Waals surface area (Å²) in [6, 6.07) is 0.0630. The average Bonchev–Trinajstić information content (AvgIpc) is 2.15. The fourth-order valence-corrected chi connectivity index (χ4v) is 1.14. The van der Waals surface area contributed by atoms with E-state index in [4.69, 9.17) is 0 Å². The van der Waals surface area contributed by atoms with E-state index in [1.165, 1.54) is 6.92 Å². The van der Waals surface area contributed by atoms with Gasteiger partial charge in [0.05, 0.1) is 11.5 Å². The molecule has 0 bridgehead atoms. The molecule has 0 fully saturated rings. The molecule has 5 nitrogen and oxygen atoms in total. The molecule has 0 saturated heterocycles. The third kappa shape index (κ3) is 2.35. The van der Waals surface area contributed by atoms with Gasteiger partial charge in [0.2, 0.25) is 11.6 Å². The van der Waals surface area contributed by atoms with Gasteiger partial charge in [-0.05, 0) is 6.92 Å². The number of ether oxygens (including phenoxy) is 1. The highest BCUT2D eigenvalue weighted by molar-refractivity contribution is 5.90. The first-order chi connectivity index (χ1) is 7.90. The fourth-order valence-electron chi connectivity index (χ4n) is 1.14. The van der Waals surface area contributed by atoms with Gasteiger partial charge in [0.15, 0.2) is 0 Å². The molecule has 92 valence electrons. The predicted molar refractivity (Wildman–Crippen MR) is 48.9 cm³/mol. The van der Waals surface area contributed by atoms with Gasteiger partial charge in [0.1, 0.15) is 11.4 Å². The molecule has 0 aliphatic heterocycles. The molecule has 0 aliphatic rings. The Balaban J connectivity index is 3.46. The minimum Gasteiger partial charge on any atom is -0.462 e. The Bertz CT molecular complexity index is 490. The van der Waals surface area contributed by atoms with Crippen molar-refractivity contribution in [3.63, 3.8) is 0 Å². The zero-order valence-corrected chi connectivity index (χ0v) is 8.50. The smallest absolute Gasteiger partial charge is 0.344 e. The van der Waals surface area contributed by atoms with E-state index >= 15 is 0 Å². The van der Waals surface area contributed by atoms with Crippen LogP contribution in [0.15, 0.2) is 6.07 Å². The van der Waals surface area contributed by atoms with Crippen molar-refractivity contribution >= 4 is 11.7 Å². The molecule has 0 radical (unpaired) electrons. The topological polar surface area (TPSA) is 69.4 Å². The minimum atomic E-state index is -1.88. The second-order valence-electron chi connectivity index (χ2n) is 2.86. The van der Waals surface area contributed by atoms with Crippen molar-refractivity contribution in [1.29, 1.82) is 0 Å². The molecule has 1 aromatic carbocycles. The molecule has 0 aliphatic carbocycles. The van der Waals surface area contributed by atoms with Crippen LogP contribution in [-0.2, 0) is 4.74 Å². The Morgan fingerprint density at radius 3 is 2.47 bits per heavy atom. The van der Waals surface area contributed by atoms with Gasteiger partial charge in [-0.3, -0.25) is 10.1 Å². The van der Waals surface area contributed by atoms with Crippen LogP contribution in [0.4, 0.5) is 18.9 Å². The second-order valence-corrected chi connectivity index (χ2v) is 2.86. The van der Waals surface area contributed by atoms with Crippen LogP contribution >= 0.6 is 0 Å². The predicted octanol–water partition coefficient (Wildman–Crippen LogP) is 2.19. The van der Waals surface area contributed by atoms with E-state index in [0.29, 0.717) is 0 Å². The van der Waals surface area contributed by atoms with Gasteiger partial charge in [-0.1, -0.05) is 0 Å². The van der Waals surface area contributed by atoms with Gasteiger partial charge < -0.3 is 4.74 Å². The maximum Gasteiger partial charge on any atom is 0.344 e. The summed E-state index contributed by atoms with van der Waals surface area (Å²) in [7, 11) is 0. The molecule has 0 heterocycles. The molecular formula is C9H6F3NO4. The molecule has 0 saturated carbocycles. The number of esters is 1. The highest BCUT2D eigenvalue weighted by atomic mass is 19.1. The molecule has 1 rings (SSSR count). The minimum absolute atomic E-state index is 0.0630. The van der Waals surface area contributed by atoms with E-state index in [9.17, 15) is 28.1 Å². The van der Waals surface area contributed by atoms with Crippen molar-refractivity contribution in [1.82, 2.24) is 0 Å². The maximum atomic E-state index is 13.4. The first-order valence-corrected chi connectivity index (χ1v) is 4.39. The summed E-state index contributed by atoms with van der Waals surface area (Å²) in [6.45, 7) is 1.20. The first-order valence-electron chi connectivity index (χ1n) is 4.39. The van der Waals surface area contributed by atoms with Crippen LogP contribution in [-0.4, -0.2) is 17.5 Å². The SMILES string of the molecule is CCOC(=O)c1c(F)cc(F)c([N+](=O)[O-])c1F. The molecule has 0 amide bonds. The monoisotopic (exact) mass is 249 g/mol. The largest absolute Gasteiger partial charge is 0.462 e. The van der Waals surface area contributed by atoms with Crippen molar-refractivity contribution in [3.8, 4) is 0 Å². The number of nitro groups is 1. The Hall–Kier alpha value is -2.12. The Morgan fingerprint density at radius 1 is 1.41 bits per heavy atom. The van der Waals surface area contributed by atoms with Crippen LogP contribution in [0.5, 0.6) is 0 Å². The van der Waals surface area contributed by atoms with Crippen LogP contribution in [0.1, 0.15) is 17.3 Å². The van der Waals surface area contributed by atoms with Gasteiger partial charge in [0.25, 0.3) is 0 Å². The van der Waals surface area contributed by atoms with E-state index in [2.05, 4.69) is 4.74 Å². The zero-order valence-electron chi connectivity index (χ0n) is 8.50. The number of hydrogen-bond acceptors (Lipinski definition) is 4. The molecule has 17 heavy (non-hydrogen) atoms. The normalized spacial score (nSPS) is 10.1. The van der Waals surface area contributed by atoms with Crippen molar-refractivity contribution in [2.45, 2.75) is 6.92 Å². The number of nitrogens with zero attached hydrogens (tertiary/aromatic N) is 1.